The Morgan fingerprint density at radius 3 is 2.40 bits per heavy atom. The highest BCUT2D eigenvalue weighted by Gasteiger charge is 2.31. The van der Waals surface area contributed by atoms with Crippen molar-refractivity contribution in [2.24, 2.45) is 0 Å². The molecule has 0 amide bonds. The zero-order valence-corrected chi connectivity index (χ0v) is 10.5. The number of carboxylic acid groups (broad SMARTS) is 1. The highest BCUT2D eigenvalue weighted by molar-refractivity contribution is 5.78. The molecule has 0 saturated carbocycles. The van der Waals surface area contributed by atoms with Crippen LogP contribution in [0.1, 0.15) is 33.6 Å². The first-order valence-corrected chi connectivity index (χ1v) is 5.47. The molecule has 0 aromatic heterocycles. The molecular weight excluding hydrogens is 192 g/mol. The quantitative estimate of drug-likeness (QED) is 0.671. The SMILES string of the molecule is CCC(C)(NC(C)CCN(C)C)C(=O)O. The molecular formula is C11H24N2O2. The number of aliphatic carboxylic acids is 1. The van der Waals surface area contributed by atoms with Crippen molar-refractivity contribution in [3.63, 3.8) is 0 Å². The van der Waals surface area contributed by atoms with Crippen LogP contribution in [0.2, 0.25) is 0 Å². The summed E-state index contributed by atoms with van der Waals surface area (Å²) in [5, 5.41) is 12.3. The van der Waals surface area contributed by atoms with Crippen molar-refractivity contribution < 1.29 is 9.90 Å². The summed E-state index contributed by atoms with van der Waals surface area (Å²) in [5.41, 5.74) is -0.800. The van der Waals surface area contributed by atoms with Gasteiger partial charge < -0.3 is 10.0 Å². The molecule has 0 rings (SSSR count). The molecule has 0 aliphatic heterocycles. The Kier molecular flexibility index (Phi) is 5.83. The van der Waals surface area contributed by atoms with Crippen LogP contribution < -0.4 is 5.32 Å². The second kappa shape index (κ2) is 6.08. The van der Waals surface area contributed by atoms with Crippen molar-refractivity contribution in [3.8, 4) is 0 Å². The van der Waals surface area contributed by atoms with Gasteiger partial charge in [0.05, 0.1) is 0 Å². The highest BCUT2D eigenvalue weighted by Crippen LogP contribution is 2.11. The lowest BCUT2D eigenvalue weighted by Crippen LogP contribution is -2.53. The van der Waals surface area contributed by atoms with Crippen LogP contribution in [-0.2, 0) is 4.79 Å². The summed E-state index contributed by atoms with van der Waals surface area (Å²) in [7, 11) is 4.03. The van der Waals surface area contributed by atoms with Crippen molar-refractivity contribution in [1.29, 1.82) is 0 Å². The molecule has 0 saturated heterocycles. The van der Waals surface area contributed by atoms with Gasteiger partial charge in [-0.05, 0) is 47.3 Å². The zero-order valence-electron chi connectivity index (χ0n) is 10.5. The van der Waals surface area contributed by atoms with Crippen molar-refractivity contribution in [2.45, 2.75) is 45.2 Å². The van der Waals surface area contributed by atoms with E-state index in [1.54, 1.807) is 6.92 Å². The maximum atomic E-state index is 11.1. The predicted octanol–water partition coefficient (Wildman–Crippen LogP) is 1.17. The molecule has 15 heavy (non-hydrogen) atoms. The molecule has 90 valence electrons. The second-order valence-electron chi connectivity index (χ2n) is 4.63. The van der Waals surface area contributed by atoms with Gasteiger partial charge in [0.25, 0.3) is 0 Å². The summed E-state index contributed by atoms with van der Waals surface area (Å²) in [6.45, 7) is 6.62. The van der Waals surface area contributed by atoms with Crippen LogP contribution in [0.4, 0.5) is 0 Å². The van der Waals surface area contributed by atoms with E-state index < -0.39 is 11.5 Å². The van der Waals surface area contributed by atoms with Crippen LogP contribution in [-0.4, -0.2) is 48.2 Å². The fourth-order valence-electron chi connectivity index (χ4n) is 1.38. The number of nitrogens with zero attached hydrogens (tertiary/aromatic N) is 1. The van der Waals surface area contributed by atoms with Gasteiger partial charge in [-0.3, -0.25) is 10.1 Å². The summed E-state index contributed by atoms with van der Waals surface area (Å²) in [6, 6.07) is 0.216. The van der Waals surface area contributed by atoms with E-state index in [-0.39, 0.29) is 6.04 Å². The molecule has 2 atom stereocenters. The molecule has 2 N–H and O–H groups in total. The van der Waals surface area contributed by atoms with Gasteiger partial charge in [0.2, 0.25) is 0 Å². The first-order valence-electron chi connectivity index (χ1n) is 5.47. The van der Waals surface area contributed by atoms with Crippen molar-refractivity contribution in [3.05, 3.63) is 0 Å². The van der Waals surface area contributed by atoms with E-state index >= 15 is 0 Å². The Bertz CT molecular complexity index is 207. The average molecular weight is 216 g/mol. The van der Waals surface area contributed by atoms with Gasteiger partial charge in [-0.15, -0.1) is 0 Å². The topological polar surface area (TPSA) is 52.6 Å². The fourth-order valence-corrected chi connectivity index (χ4v) is 1.38. The van der Waals surface area contributed by atoms with Gasteiger partial charge in [-0.1, -0.05) is 6.92 Å². The molecule has 0 aliphatic rings. The number of hydrogen-bond donors (Lipinski definition) is 2. The van der Waals surface area contributed by atoms with Gasteiger partial charge in [0.1, 0.15) is 5.54 Å². The molecule has 0 fully saturated rings. The van der Waals surface area contributed by atoms with E-state index in [0.717, 1.165) is 13.0 Å². The fraction of sp³-hybridized carbons (Fsp3) is 0.909. The van der Waals surface area contributed by atoms with Gasteiger partial charge in [-0.25, -0.2) is 0 Å². The minimum absolute atomic E-state index is 0.216. The third kappa shape index (κ3) is 5.14. The Balaban J connectivity index is 4.13. The lowest BCUT2D eigenvalue weighted by atomic mass is 9.97. The molecule has 4 nitrogen and oxygen atoms in total. The highest BCUT2D eigenvalue weighted by atomic mass is 16.4. The van der Waals surface area contributed by atoms with Crippen LogP contribution in [0.5, 0.6) is 0 Å². The van der Waals surface area contributed by atoms with E-state index in [2.05, 4.69) is 10.2 Å². The molecule has 2 unspecified atom stereocenters. The third-order valence-electron chi connectivity index (χ3n) is 2.75. The second-order valence-corrected chi connectivity index (χ2v) is 4.63. The van der Waals surface area contributed by atoms with E-state index in [4.69, 9.17) is 5.11 Å². The largest absolute Gasteiger partial charge is 0.480 e. The Morgan fingerprint density at radius 1 is 1.53 bits per heavy atom. The van der Waals surface area contributed by atoms with Gasteiger partial charge in [0, 0.05) is 6.04 Å². The summed E-state index contributed by atoms with van der Waals surface area (Å²) in [4.78, 5) is 13.2. The zero-order chi connectivity index (χ0) is 12.1. The van der Waals surface area contributed by atoms with Gasteiger partial charge in [0.15, 0.2) is 0 Å². The van der Waals surface area contributed by atoms with Crippen LogP contribution in [0.3, 0.4) is 0 Å². The molecule has 0 spiro atoms. The first-order chi connectivity index (χ1) is 6.81. The number of carbonyl (C=O) groups is 1. The van der Waals surface area contributed by atoms with Crippen LogP contribution >= 0.6 is 0 Å². The first kappa shape index (κ1) is 14.4. The standard InChI is InChI=1S/C11H24N2O2/c1-6-11(3,10(14)15)12-9(2)7-8-13(4)5/h9,12H,6-8H2,1-5H3,(H,14,15). The number of nitrogens with one attached hydrogen (secondary N) is 1. The summed E-state index contributed by atoms with van der Waals surface area (Å²) >= 11 is 0. The third-order valence-corrected chi connectivity index (χ3v) is 2.75. The van der Waals surface area contributed by atoms with Crippen LogP contribution in [0, 0.1) is 0 Å². The van der Waals surface area contributed by atoms with E-state index in [0.29, 0.717) is 6.42 Å². The van der Waals surface area contributed by atoms with Crippen molar-refractivity contribution in [1.82, 2.24) is 10.2 Å². The molecule has 0 aromatic carbocycles. The predicted molar refractivity (Wildman–Crippen MR) is 62.1 cm³/mol. The minimum Gasteiger partial charge on any atom is -0.480 e. The normalized spacial score (nSPS) is 17.5. The molecule has 0 bridgehead atoms. The molecule has 0 aliphatic carbocycles. The summed E-state index contributed by atoms with van der Waals surface area (Å²) in [6.07, 6.45) is 1.55. The Labute approximate surface area is 92.7 Å². The maximum absolute atomic E-state index is 11.1. The van der Waals surface area contributed by atoms with Crippen molar-refractivity contribution >= 4 is 5.97 Å². The van der Waals surface area contributed by atoms with E-state index in [1.165, 1.54) is 0 Å². The lowest BCUT2D eigenvalue weighted by molar-refractivity contribution is -0.144. The Morgan fingerprint density at radius 2 is 2.07 bits per heavy atom. The van der Waals surface area contributed by atoms with E-state index in [1.807, 2.05) is 27.9 Å². The Hall–Kier alpha value is -0.610. The lowest BCUT2D eigenvalue weighted by Gasteiger charge is -2.29. The van der Waals surface area contributed by atoms with Crippen LogP contribution in [0.15, 0.2) is 0 Å². The molecule has 0 aromatic rings. The molecule has 0 radical (unpaired) electrons. The monoisotopic (exact) mass is 216 g/mol. The summed E-state index contributed by atoms with van der Waals surface area (Å²) in [5.74, 6) is -0.776. The van der Waals surface area contributed by atoms with Crippen molar-refractivity contribution in [2.75, 3.05) is 20.6 Å². The average Bonchev–Trinajstić information content (AvgIpc) is 2.14. The van der Waals surface area contributed by atoms with E-state index in [9.17, 15) is 4.79 Å². The minimum atomic E-state index is -0.800. The van der Waals surface area contributed by atoms with Gasteiger partial charge >= 0.3 is 5.97 Å². The van der Waals surface area contributed by atoms with Gasteiger partial charge in [-0.2, -0.15) is 0 Å². The molecule has 4 heteroatoms. The molecule has 0 heterocycles. The van der Waals surface area contributed by atoms with Crippen LogP contribution in [0.25, 0.3) is 0 Å². The number of hydrogen-bond acceptors (Lipinski definition) is 3. The maximum Gasteiger partial charge on any atom is 0.323 e. The smallest absolute Gasteiger partial charge is 0.323 e. The number of rotatable bonds is 7. The number of carboxylic acids is 1. The summed E-state index contributed by atoms with van der Waals surface area (Å²) < 4.78 is 0.